The summed E-state index contributed by atoms with van der Waals surface area (Å²) in [7, 11) is 0. The van der Waals surface area contributed by atoms with Gasteiger partial charge in [-0.25, -0.2) is 0 Å². The first-order valence-corrected chi connectivity index (χ1v) is 3.28. The second kappa shape index (κ2) is 2.59. The molecule has 0 saturated carbocycles. The third kappa shape index (κ3) is 1.44. The van der Waals surface area contributed by atoms with Crippen molar-refractivity contribution >= 4 is 11.8 Å². The fourth-order valence-electron chi connectivity index (χ4n) is 0.116. The molecule has 2 nitrogen and oxygen atoms in total. The van der Waals surface area contributed by atoms with Gasteiger partial charge in [-0.2, -0.15) is 10.5 Å². The van der Waals surface area contributed by atoms with E-state index in [0.717, 1.165) is 0 Å². The van der Waals surface area contributed by atoms with E-state index in [9.17, 15) is 0 Å². The van der Waals surface area contributed by atoms with Crippen molar-refractivity contribution in [2.75, 3.05) is 6.26 Å². The molecule has 0 rings (SSSR count). The highest BCUT2D eigenvalue weighted by Crippen LogP contribution is 2.18. The second-order valence-corrected chi connectivity index (χ2v) is 2.69. The number of nitriles is 2. The van der Waals surface area contributed by atoms with Crippen LogP contribution in [0.25, 0.3) is 0 Å². The maximum atomic E-state index is 8.29. The lowest BCUT2D eigenvalue weighted by molar-refractivity contribution is 1.04. The van der Waals surface area contributed by atoms with E-state index in [1.807, 2.05) is 12.1 Å². The monoisotopic (exact) mass is 126 g/mol. The van der Waals surface area contributed by atoms with Crippen LogP contribution < -0.4 is 0 Å². The maximum absolute atomic E-state index is 8.29. The van der Waals surface area contributed by atoms with E-state index in [-0.39, 0.29) is 0 Å². The van der Waals surface area contributed by atoms with Crippen LogP contribution in [0.2, 0.25) is 0 Å². The predicted molar refractivity (Wildman–Crippen MR) is 33.1 cm³/mol. The van der Waals surface area contributed by atoms with Crippen molar-refractivity contribution in [2.45, 2.75) is 11.7 Å². The van der Waals surface area contributed by atoms with Crippen LogP contribution in [0.3, 0.4) is 0 Å². The van der Waals surface area contributed by atoms with Crippen molar-refractivity contribution in [3.8, 4) is 12.1 Å². The van der Waals surface area contributed by atoms with Crippen LogP contribution in [0.15, 0.2) is 0 Å². The summed E-state index contributed by atoms with van der Waals surface area (Å²) >= 11 is 1.25. The van der Waals surface area contributed by atoms with Crippen molar-refractivity contribution in [3.63, 3.8) is 0 Å². The molecular weight excluding hydrogens is 120 g/mol. The highest BCUT2D eigenvalue weighted by atomic mass is 32.2. The Morgan fingerprint density at radius 3 is 1.75 bits per heavy atom. The molecule has 0 aromatic carbocycles. The maximum Gasteiger partial charge on any atom is 0.185 e. The van der Waals surface area contributed by atoms with E-state index in [2.05, 4.69) is 0 Å². The lowest BCUT2D eigenvalue weighted by atomic mass is 10.2. The van der Waals surface area contributed by atoms with Crippen LogP contribution in [-0.4, -0.2) is 11.0 Å². The Labute approximate surface area is 53.1 Å². The molecule has 0 spiro atoms. The van der Waals surface area contributed by atoms with E-state index in [0.29, 0.717) is 0 Å². The SMILES string of the molecule is CSC(C)(C#N)C#N. The molecule has 0 saturated heterocycles. The third-order valence-electron chi connectivity index (χ3n) is 0.835. The molecule has 0 fully saturated rings. The van der Waals surface area contributed by atoms with Crippen molar-refractivity contribution < 1.29 is 0 Å². The first kappa shape index (κ1) is 7.33. The second-order valence-electron chi connectivity index (χ2n) is 1.46. The molecule has 0 atom stereocenters. The summed E-state index contributed by atoms with van der Waals surface area (Å²) in [4.78, 5) is 0. The molecule has 0 radical (unpaired) electrons. The van der Waals surface area contributed by atoms with Gasteiger partial charge in [0.1, 0.15) is 0 Å². The van der Waals surface area contributed by atoms with Crippen molar-refractivity contribution in [1.29, 1.82) is 10.5 Å². The number of thioether (sulfide) groups is 1. The van der Waals surface area contributed by atoms with E-state index < -0.39 is 4.75 Å². The molecule has 0 bridgehead atoms. The Morgan fingerprint density at radius 2 is 1.75 bits per heavy atom. The Hall–Kier alpha value is -0.670. The number of hydrogen-bond acceptors (Lipinski definition) is 3. The molecule has 42 valence electrons. The van der Waals surface area contributed by atoms with Gasteiger partial charge in [0, 0.05) is 0 Å². The standard InChI is InChI=1S/C5H6N2S/c1-5(3-6,4-7)8-2/h1-2H3. The molecule has 0 N–H and O–H groups in total. The van der Waals surface area contributed by atoms with Gasteiger partial charge in [-0.15, -0.1) is 11.8 Å². The average molecular weight is 126 g/mol. The molecule has 0 amide bonds. The van der Waals surface area contributed by atoms with Crippen LogP contribution in [0, 0.1) is 22.7 Å². The smallest absolute Gasteiger partial charge is 0.185 e. The number of rotatable bonds is 1. The zero-order chi connectivity index (χ0) is 6.62. The van der Waals surface area contributed by atoms with Gasteiger partial charge in [-0.05, 0) is 13.2 Å². The Bertz CT molecular complexity index is 137. The minimum atomic E-state index is -0.847. The minimum Gasteiger partial charge on any atom is -0.196 e. The molecular formula is C5H6N2S. The third-order valence-corrected chi connectivity index (χ3v) is 1.83. The fourth-order valence-corrected chi connectivity index (χ4v) is 0.299. The van der Waals surface area contributed by atoms with Gasteiger partial charge in [0.25, 0.3) is 0 Å². The van der Waals surface area contributed by atoms with Gasteiger partial charge in [-0.1, -0.05) is 0 Å². The van der Waals surface area contributed by atoms with Crippen molar-refractivity contribution in [1.82, 2.24) is 0 Å². The normalized spacial score (nSPS) is 9.50. The van der Waals surface area contributed by atoms with E-state index in [1.54, 1.807) is 13.2 Å². The Morgan fingerprint density at radius 1 is 1.38 bits per heavy atom. The molecule has 3 heteroatoms. The highest BCUT2D eigenvalue weighted by molar-refractivity contribution is 8.00. The molecule has 0 aliphatic carbocycles. The zero-order valence-electron chi connectivity index (χ0n) is 4.80. The van der Waals surface area contributed by atoms with E-state index >= 15 is 0 Å². The summed E-state index contributed by atoms with van der Waals surface area (Å²) in [5, 5.41) is 16.6. The van der Waals surface area contributed by atoms with E-state index in [4.69, 9.17) is 10.5 Å². The van der Waals surface area contributed by atoms with Crippen molar-refractivity contribution in [2.24, 2.45) is 0 Å². The topological polar surface area (TPSA) is 47.6 Å². The summed E-state index contributed by atoms with van der Waals surface area (Å²) in [6.45, 7) is 1.59. The number of hydrogen-bond donors (Lipinski definition) is 0. The summed E-state index contributed by atoms with van der Waals surface area (Å²) in [6.07, 6.45) is 1.74. The average Bonchev–Trinajstić information content (AvgIpc) is 1.87. The molecule has 0 aliphatic heterocycles. The summed E-state index contributed by atoms with van der Waals surface area (Å²) in [5.74, 6) is 0. The fraction of sp³-hybridized carbons (Fsp3) is 0.600. The molecule has 0 heterocycles. The zero-order valence-corrected chi connectivity index (χ0v) is 5.62. The van der Waals surface area contributed by atoms with Crippen LogP contribution >= 0.6 is 11.8 Å². The largest absolute Gasteiger partial charge is 0.196 e. The van der Waals surface area contributed by atoms with Gasteiger partial charge in [0.2, 0.25) is 0 Å². The predicted octanol–water partition coefficient (Wildman–Crippen LogP) is 1.16. The molecule has 0 aliphatic rings. The summed E-state index contributed by atoms with van der Waals surface area (Å²) in [6, 6.07) is 3.76. The Kier molecular flexibility index (Phi) is 2.37. The van der Waals surface area contributed by atoms with Crippen LogP contribution in [-0.2, 0) is 0 Å². The molecule has 0 aromatic rings. The van der Waals surface area contributed by atoms with E-state index in [1.165, 1.54) is 11.8 Å². The Balaban J connectivity index is 4.11. The van der Waals surface area contributed by atoms with Crippen LogP contribution in [0.1, 0.15) is 6.92 Å². The lowest BCUT2D eigenvalue weighted by Crippen LogP contribution is -2.11. The van der Waals surface area contributed by atoms with Gasteiger partial charge in [0.15, 0.2) is 4.75 Å². The van der Waals surface area contributed by atoms with Crippen molar-refractivity contribution in [3.05, 3.63) is 0 Å². The highest BCUT2D eigenvalue weighted by Gasteiger charge is 2.20. The lowest BCUT2D eigenvalue weighted by Gasteiger charge is -2.04. The minimum absolute atomic E-state index is 0.847. The molecule has 0 unspecified atom stereocenters. The summed E-state index contributed by atoms with van der Waals surface area (Å²) < 4.78 is -0.847. The quantitative estimate of drug-likeness (QED) is 0.529. The van der Waals surface area contributed by atoms with Gasteiger partial charge < -0.3 is 0 Å². The molecule has 0 aromatic heterocycles. The first-order valence-electron chi connectivity index (χ1n) is 2.06. The van der Waals surface area contributed by atoms with Crippen LogP contribution in [0.4, 0.5) is 0 Å². The van der Waals surface area contributed by atoms with Crippen LogP contribution in [0.5, 0.6) is 0 Å². The first-order chi connectivity index (χ1) is 3.68. The van der Waals surface area contributed by atoms with Gasteiger partial charge in [0.05, 0.1) is 12.1 Å². The molecule has 8 heavy (non-hydrogen) atoms. The van der Waals surface area contributed by atoms with Gasteiger partial charge in [-0.3, -0.25) is 0 Å². The summed E-state index contributed by atoms with van der Waals surface area (Å²) in [5.41, 5.74) is 0. The van der Waals surface area contributed by atoms with Gasteiger partial charge >= 0.3 is 0 Å². The number of nitrogens with zero attached hydrogens (tertiary/aromatic N) is 2.